The van der Waals surface area contributed by atoms with Crippen molar-refractivity contribution in [3.05, 3.63) is 197 Å². The highest BCUT2D eigenvalue weighted by Crippen LogP contribution is 2.64. The van der Waals surface area contributed by atoms with E-state index in [0.29, 0.717) is 0 Å². The van der Waals surface area contributed by atoms with E-state index in [1.54, 1.807) is 0 Å². The first kappa shape index (κ1) is 28.8. The Morgan fingerprint density at radius 2 is 1.35 bits per heavy atom. The molecular formula is C47H39N. The second-order valence-electron chi connectivity index (χ2n) is 14.5. The van der Waals surface area contributed by atoms with Crippen molar-refractivity contribution < 1.29 is 0 Å². The monoisotopic (exact) mass is 617 g/mol. The summed E-state index contributed by atoms with van der Waals surface area (Å²) in [4.78, 5) is 2.32. The van der Waals surface area contributed by atoms with Crippen LogP contribution in [0.15, 0.2) is 158 Å². The highest BCUT2D eigenvalue weighted by atomic mass is 15.1. The van der Waals surface area contributed by atoms with Gasteiger partial charge in [-0.1, -0.05) is 137 Å². The highest BCUT2D eigenvalue weighted by molar-refractivity contribution is 5.99. The van der Waals surface area contributed by atoms with Crippen LogP contribution < -0.4 is 4.90 Å². The lowest BCUT2D eigenvalue weighted by atomic mass is 9.70. The molecule has 5 aromatic carbocycles. The smallest absolute Gasteiger partial charge is 0.0726 e. The third-order valence-corrected chi connectivity index (χ3v) is 10.9. The van der Waals surface area contributed by atoms with E-state index in [2.05, 4.69) is 160 Å². The van der Waals surface area contributed by atoms with Gasteiger partial charge in [0.25, 0.3) is 0 Å². The number of benzene rings is 5. The lowest BCUT2D eigenvalue weighted by molar-refractivity contribution is 0.590. The number of fused-ring (bicyclic) bond motifs is 13. The van der Waals surface area contributed by atoms with Crippen LogP contribution in [0.4, 0.5) is 11.4 Å². The highest BCUT2D eigenvalue weighted by Gasteiger charge is 2.52. The molecule has 1 spiro atoms. The van der Waals surface area contributed by atoms with Crippen LogP contribution in [0.3, 0.4) is 0 Å². The van der Waals surface area contributed by atoms with Crippen LogP contribution in [0.2, 0.25) is 0 Å². The number of hydrogen-bond donors (Lipinski definition) is 0. The predicted molar refractivity (Wildman–Crippen MR) is 203 cm³/mol. The summed E-state index contributed by atoms with van der Waals surface area (Å²) in [6, 6.07) is 39.4. The first-order valence-electron chi connectivity index (χ1n) is 17.2. The zero-order valence-corrected chi connectivity index (χ0v) is 27.9. The Labute approximate surface area is 284 Å². The molecule has 0 amide bonds. The molecule has 48 heavy (non-hydrogen) atoms. The van der Waals surface area contributed by atoms with Crippen LogP contribution in [0.25, 0.3) is 27.8 Å². The fraction of sp³-hybridized carbons (Fsp3) is 0.149. The molecule has 232 valence electrons. The average Bonchev–Trinajstić information content (AvgIpc) is 3.84. The third-order valence-electron chi connectivity index (χ3n) is 10.9. The molecule has 0 aromatic heterocycles. The summed E-state index contributed by atoms with van der Waals surface area (Å²) in [6.45, 7) is 10.7. The molecule has 1 heteroatoms. The van der Waals surface area contributed by atoms with Crippen LogP contribution in [0.1, 0.15) is 66.1 Å². The molecule has 9 rings (SSSR count). The maximum Gasteiger partial charge on any atom is 0.0726 e. The average molecular weight is 618 g/mol. The standard InChI is InChI=1S/C47H39N/c1-5-6-7-12-28-48(33-22-20-32(21-23-33)46(2,3)4)34-24-25-38-37-15-8-10-18-41(37)47(44(38)30-34)42-19-11-9-16-39(42)45-40-29-31-14-13-17-35(31)36(40)26-27-43(45)47/h5-16,18-28,30H,1,17,29H2,2-4H3/b7-6-,28-12?. The number of allylic oxidation sites excluding steroid dienone is 8. The Balaban J connectivity index is 1.28. The van der Waals surface area contributed by atoms with Crippen LogP contribution >= 0.6 is 0 Å². The Hall–Kier alpha value is -5.40. The van der Waals surface area contributed by atoms with E-state index in [9.17, 15) is 0 Å². The minimum absolute atomic E-state index is 0.0903. The summed E-state index contributed by atoms with van der Waals surface area (Å²) in [7, 11) is 0. The van der Waals surface area contributed by atoms with Gasteiger partial charge in [-0.25, -0.2) is 0 Å². The Bertz CT molecular complexity index is 2280. The second kappa shape index (κ2) is 10.6. The van der Waals surface area contributed by atoms with E-state index < -0.39 is 0 Å². The molecule has 0 radical (unpaired) electrons. The summed E-state index contributed by atoms with van der Waals surface area (Å²) >= 11 is 0. The lowest BCUT2D eigenvalue weighted by Gasteiger charge is -2.32. The summed E-state index contributed by atoms with van der Waals surface area (Å²) in [5.74, 6) is 0. The second-order valence-corrected chi connectivity index (χ2v) is 14.5. The topological polar surface area (TPSA) is 3.24 Å². The SMILES string of the molecule is C=C/C=C\C=CN(c1ccc(C(C)(C)C)cc1)c1ccc2c(c1)C1(c3ccccc3-2)c2ccccc2-c2c1ccc1c2CC2=C1CC=C2. The molecule has 0 saturated heterocycles. The van der Waals surface area contributed by atoms with Gasteiger partial charge in [0.05, 0.1) is 5.41 Å². The van der Waals surface area contributed by atoms with Gasteiger partial charge in [-0.05, 0) is 121 Å². The first-order chi connectivity index (χ1) is 23.4. The van der Waals surface area contributed by atoms with Crippen LogP contribution in [-0.4, -0.2) is 0 Å². The van der Waals surface area contributed by atoms with Gasteiger partial charge in [0.2, 0.25) is 0 Å². The summed E-state index contributed by atoms with van der Waals surface area (Å²) in [6.07, 6.45) is 16.8. The van der Waals surface area contributed by atoms with Gasteiger partial charge >= 0.3 is 0 Å². The van der Waals surface area contributed by atoms with Gasteiger partial charge in [-0.3, -0.25) is 0 Å². The van der Waals surface area contributed by atoms with Crippen molar-refractivity contribution in [1.82, 2.24) is 0 Å². The van der Waals surface area contributed by atoms with Crippen molar-refractivity contribution >= 4 is 16.9 Å². The molecule has 4 aliphatic rings. The van der Waals surface area contributed by atoms with Crippen molar-refractivity contribution in [2.75, 3.05) is 4.90 Å². The van der Waals surface area contributed by atoms with Crippen LogP contribution in [-0.2, 0) is 17.3 Å². The normalized spacial score (nSPS) is 18.0. The molecular weight excluding hydrogens is 579 g/mol. The van der Waals surface area contributed by atoms with Crippen molar-refractivity contribution in [2.45, 2.75) is 44.4 Å². The molecule has 0 saturated carbocycles. The zero-order valence-electron chi connectivity index (χ0n) is 27.9. The molecule has 5 aromatic rings. The van der Waals surface area contributed by atoms with E-state index in [1.807, 2.05) is 18.2 Å². The van der Waals surface area contributed by atoms with E-state index in [4.69, 9.17) is 0 Å². The van der Waals surface area contributed by atoms with Gasteiger partial charge < -0.3 is 4.90 Å². The number of anilines is 2. The van der Waals surface area contributed by atoms with Gasteiger partial charge in [0.15, 0.2) is 0 Å². The first-order valence-corrected chi connectivity index (χ1v) is 17.2. The molecule has 0 fully saturated rings. The summed E-state index contributed by atoms with van der Waals surface area (Å²) in [5, 5.41) is 0. The van der Waals surface area contributed by atoms with Gasteiger partial charge in [0.1, 0.15) is 0 Å². The number of hydrogen-bond acceptors (Lipinski definition) is 1. The van der Waals surface area contributed by atoms with Crippen molar-refractivity contribution in [3.63, 3.8) is 0 Å². The Morgan fingerprint density at radius 1 is 0.667 bits per heavy atom. The van der Waals surface area contributed by atoms with Crippen molar-refractivity contribution in [2.24, 2.45) is 0 Å². The maximum absolute atomic E-state index is 3.86. The molecule has 1 atom stereocenters. The largest absolute Gasteiger partial charge is 0.317 e. The molecule has 1 unspecified atom stereocenters. The maximum atomic E-state index is 3.86. The van der Waals surface area contributed by atoms with Gasteiger partial charge in [-0.2, -0.15) is 0 Å². The molecule has 4 aliphatic carbocycles. The lowest BCUT2D eigenvalue weighted by Crippen LogP contribution is -2.26. The van der Waals surface area contributed by atoms with E-state index >= 15 is 0 Å². The molecule has 0 heterocycles. The minimum Gasteiger partial charge on any atom is -0.317 e. The van der Waals surface area contributed by atoms with Crippen molar-refractivity contribution in [1.29, 1.82) is 0 Å². The summed E-state index contributed by atoms with van der Waals surface area (Å²) < 4.78 is 0. The minimum atomic E-state index is -0.389. The van der Waals surface area contributed by atoms with Crippen molar-refractivity contribution in [3.8, 4) is 22.3 Å². The molecule has 0 bridgehead atoms. The summed E-state index contributed by atoms with van der Waals surface area (Å²) in [5.41, 5.74) is 20.3. The number of rotatable bonds is 5. The van der Waals surface area contributed by atoms with Crippen LogP contribution in [0.5, 0.6) is 0 Å². The molecule has 1 nitrogen and oxygen atoms in total. The Kier molecular flexibility index (Phi) is 6.33. The van der Waals surface area contributed by atoms with Gasteiger partial charge in [0, 0.05) is 17.6 Å². The van der Waals surface area contributed by atoms with E-state index in [-0.39, 0.29) is 10.8 Å². The van der Waals surface area contributed by atoms with E-state index in [1.165, 1.54) is 72.3 Å². The molecule has 0 aliphatic heterocycles. The fourth-order valence-corrected chi connectivity index (χ4v) is 8.82. The molecule has 0 N–H and O–H groups in total. The zero-order chi connectivity index (χ0) is 32.6. The van der Waals surface area contributed by atoms with Crippen LogP contribution in [0, 0.1) is 0 Å². The number of nitrogens with zero attached hydrogens (tertiary/aromatic N) is 1. The van der Waals surface area contributed by atoms with Gasteiger partial charge in [-0.15, -0.1) is 0 Å². The van der Waals surface area contributed by atoms with E-state index in [0.717, 1.165) is 24.2 Å². The third kappa shape index (κ3) is 3.97. The predicted octanol–water partition coefficient (Wildman–Crippen LogP) is 12.0. The Morgan fingerprint density at radius 3 is 2.12 bits per heavy atom. The fourth-order valence-electron chi connectivity index (χ4n) is 8.82. The quantitative estimate of drug-likeness (QED) is 0.174.